The zero-order chi connectivity index (χ0) is 26.0. The molecule has 37 heavy (non-hydrogen) atoms. The Hall–Kier alpha value is -4.13. The summed E-state index contributed by atoms with van der Waals surface area (Å²) in [7, 11) is 0. The summed E-state index contributed by atoms with van der Waals surface area (Å²) < 4.78 is 5.54. The number of fused-ring (bicyclic) bond motifs is 1. The SMILES string of the molecule is CC(C)(C)OC(=O)N1CCN2C(=O)N(c3cccc(N=C(c4ccccc4)c4ccccc4)c3)CC2C1. The molecule has 0 spiro atoms. The molecule has 0 N–H and O–H groups in total. The van der Waals surface area contributed by atoms with Gasteiger partial charge in [0.2, 0.25) is 0 Å². The molecule has 2 heterocycles. The van der Waals surface area contributed by atoms with Crippen molar-refractivity contribution in [2.24, 2.45) is 4.99 Å². The monoisotopic (exact) mass is 496 g/mol. The van der Waals surface area contributed by atoms with E-state index in [1.54, 1.807) is 9.80 Å². The lowest BCUT2D eigenvalue weighted by atomic mass is 10.0. The Kier molecular flexibility index (Phi) is 6.70. The smallest absolute Gasteiger partial charge is 0.410 e. The number of hydrogen-bond acceptors (Lipinski definition) is 4. The predicted octanol–water partition coefficient (Wildman–Crippen LogP) is 5.72. The molecule has 0 bridgehead atoms. The van der Waals surface area contributed by atoms with Gasteiger partial charge in [-0.2, -0.15) is 0 Å². The van der Waals surface area contributed by atoms with Crippen LogP contribution in [0.5, 0.6) is 0 Å². The largest absolute Gasteiger partial charge is 0.444 e. The average Bonchev–Trinajstić information content (AvgIpc) is 3.23. The van der Waals surface area contributed by atoms with Gasteiger partial charge in [0.25, 0.3) is 0 Å². The van der Waals surface area contributed by atoms with Crippen molar-refractivity contribution in [3.05, 3.63) is 96.1 Å². The van der Waals surface area contributed by atoms with Crippen molar-refractivity contribution in [3.8, 4) is 0 Å². The Morgan fingerprint density at radius 2 is 1.51 bits per heavy atom. The van der Waals surface area contributed by atoms with Crippen LogP contribution in [0.2, 0.25) is 0 Å². The van der Waals surface area contributed by atoms with Gasteiger partial charge in [0.05, 0.1) is 17.4 Å². The number of carbonyl (C=O) groups excluding carboxylic acids is 2. The molecule has 5 rings (SSSR count). The van der Waals surface area contributed by atoms with E-state index in [1.807, 2.05) is 111 Å². The van der Waals surface area contributed by atoms with Crippen LogP contribution in [-0.2, 0) is 4.74 Å². The molecule has 0 saturated carbocycles. The minimum atomic E-state index is -0.551. The molecule has 2 aliphatic heterocycles. The molecule has 1 unspecified atom stereocenters. The highest BCUT2D eigenvalue weighted by molar-refractivity contribution is 6.14. The van der Waals surface area contributed by atoms with Crippen molar-refractivity contribution in [1.29, 1.82) is 0 Å². The van der Waals surface area contributed by atoms with Crippen molar-refractivity contribution < 1.29 is 14.3 Å². The predicted molar refractivity (Wildman–Crippen MR) is 146 cm³/mol. The molecule has 2 aliphatic rings. The first-order valence-corrected chi connectivity index (χ1v) is 12.6. The number of anilines is 1. The highest BCUT2D eigenvalue weighted by Gasteiger charge is 2.43. The summed E-state index contributed by atoms with van der Waals surface area (Å²) in [5, 5.41) is 0. The summed E-state index contributed by atoms with van der Waals surface area (Å²) >= 11 is 0. The molecular weight excluding hydrogens is 464 g/mol. The Balaban J connectivity index is 1.38. The van der Waals surface area contributed by atoms with Crippen LogP contribution in [0, 0.1) is 0 Å². The second-order valence-electron chi connectivity index (χ2n) is 10.4. The summed E-state index contributed by atoms with van der Waals surface area (Å²) in [5.41, 5.74) is 3.94. The number of urea groups is 1. The maximum Gasteiger partial charge on any atom is 0.410 e. The van der Waals surface area contributed by atoms with Crippen LogP contribution >= 0.6 is 0 Å². The van der Waals surface area contributed by atoms with Gasteiger partial charge >= 0.3 is 12.1 Å². The first-order valence-electron chi connectivity index (χ1n) is 12.6. The van der Waals surface area contributed by atoms with E-state index >= 15 is 0 Å². The molecule has 7 nitrogen and oxygen atoms in total. The van der Waals surface area contributed by atoms with Crippen LogP contribution in [0.1, 0.15) is 31.9 Å². The molecule has 2 saturated heterocycles. The van der Waals surface area contributed by atoms with E-state index in [0.717, 1.165) is 28.2 Å². The fourth-order valence-electron chi connectivity index (χ4n) is 4.76. The number of aliphatic imine (C=N–C) groups is 1. The third-order valence-electron chi connectivity index (χ3n) is 6.48. The number of ether oxygens (including phenoxy) is 1. The Labute approximate surface area is 218 Å². The van der Waals surface area contributed by atoms with E-state index in [2.05, 4.69) is 0 Å². The quantitative estimate of drug-likeness (QED) is 0.434. The van der Waals surface area contributed by atoms with Crippen molar-refractivity contribution in [2.75, 3.05) is 31.1 Å². The van der Waals surface area contributed by atoms with Gasteiger partial charge in [-0.25, -0.2) is 14.6 Å². The number of carbonyl (C=O) groups is 2. The number of rotatable bonds is 4. The number of benzene rings is 3. The summed E-state index contributed by atoms with van der Waals surface area (Å²) in [6, 6.07) is 27.8. The second-order valence-corrected chi connectivity index (χ2v) is 10.4. The van der Waals surface area contributed by atoms with Gasteiger partial charge in [-0.3, -0.25) is 4.90 Å². The Bertz CT molecular complexity index is 1260. The fourth-order valence-corrected chi connectivity index (χ4v) is 4.76. The molecule has 0 radical (unpaired) electrons. The van der Waals surface area contributed by atoms with E-state index in [-0.39, 0.29) is 18.2 Å². The zero-order valence-electron chi connectivity index (χ0n) is 21.5. The van der Waals surface area contributed by atoms with E-state index in [4.69, 9.17) is 9.73 Å². The van der Waals surface area contributed by atoms with E-state index in [0.29, 0.717) is 26.2 Å². The highest BCUT2D eigenvalue weighted by atomic mass is 16.6. The third-order valence-corrected chi connectivity index (χ3v) is 6.48. The third kappa shape index (κ3) is 5.50. The van der Waals surface area contributed by atoms with Crippen molar-refractivity contribution in [3.63, 3.8) is 0 Å². The second kappa shape index (κ2) is 10.1. The molecule has 0 aliphatic carbocycles. The fraction of sp³-hybridized carbons (Fsp3) is 0.300. The summed E-state index contributed by atoms with van der Waals surface area (Å²) in [6.45, 7) is 7.50. The van der Waals surface area contributed by atoms with Crippen molar-refractivity contribution >= 4 is 29.2 Å². The summed E-state index contributed by atoms with van der Waals surface area (Å²) in [4.78, 5) is 36.2. The lowest BCUT2D eigenvalue weighted by Gasteiger charge is -2.36. The van der Waals surface area contributed by atoms with Gasteiger partial charge in [-0.15, -0.1) is 0 Å². The molecule has 0 aromatic heterocycles. The minimum absolute atomic E-state index is 0.0405. The van der Waals surface area contributed by atoms with Crippen LogP contribution in [-0.4, -0.2) is 65.5 Å². The molecule has 2 fully saturated rings. The van der Waals surface area contributed by atoms with Gasteiger partial charge in [0, 0.05) is 43.0 Å². The molecule has 190 valence electrons. The average molecular weight is 497 g/mol. The van der Waals surface area contributed by atoms with Crippen LogP contribution in [0.25, 0.3) is 0 Å². The standard InChI is InChI=1S/C30H32N4O3/c1-30(2,3)37-29(36)32-17-18-33-26(20-32)21-34(28(33)35)25-16-10-15-24(19-25)31-27(22-11-6-4-7-12-22)23-13-8-5-9-14-23/h4-16,19,26H,17-18,20-21H2,1-3H3. The zero-order valence-corrected chi connectivity index (χ0v) is 21.5. The van der Waals surface area contributed by atoms with Crippen LogP contribution in [0.15, 0.2) is 89.9 Å². The first kappa shape index (κ1) is 24.6. The molecular formula is C30H32N4O3. The number of piperazine rings is 1. The van der Waals surface area contributed by atoms with Gasteiger partial charge < -0.3 is 14.5 Å². The van der Waals surface area contributed by atoms with Crippen LogP contribution in [0.4, 0.5) is 21.0 Å². The summed E-state index contributed by atoms with van der Waals surface area (Å²) in [6.07, 6.45) is -0.330. The molecule has 3 aromatic rings. The number of hydrogen-bond donors (Lipinski definition) is 0. The van der Waals surface area contributed by atoms with E-state index < -0.39 is 5.60 Å². The first-order chi connectivity index (χ1) is 17.8. The number of amides is 3. The molecule has 7 heteroatoms. The lowest BCUT2D eigenvalue weighted by molar-refractivity contribution is 0.0128. The van der Waals surface area contributed by atoms with Gasteiger partial charge in [0.15, 0.2) is 0 Å². The van der Waals surface area contributed by atoms with Crippen LogP contribution < -0.4 is 4.90 Å². The van der Waals surface area contributed by atoms with E-state index in [1.165, 1.54) is 0 Å². The maximum absolute atomic E-state index is 13.3. The van der Waals surface area contributed by atoms with E-state index in [9.17, 15) is 9.59 Å². The van der Waals surface area contributed by atoms with Gasteiger partial charge in [0.1, 0.15) is 5.60 Å². The topological polar surface area (TPSA) is 65.5 Å². The van der Waals surface area contributed by atoms with Gasteiger partial charge in [-0.05, 0) is 39.0 Å². The molecule has 3 aromatic carbocycles. The van der Waals surface area contributed by atoms with Crippen molar-refractivity contribution in [1.82, 2.24) is 9.80 Å². The number of nitrogens with zero attached hydrogens (tertiary/aromatic N) is 4. The summed E-state index contributed by atoms with van der Waals surface area (Å²) in [5.74, 6) is 0. The van der Waals surface area contributed by atoms with Crippen molar-refractivity contribution in [2.45, 2.75) is 32.4 Å². The Morgan fingerprint density at radius 1 is 0.865 bits per heavy atom. The Morgan fingerprint density at radius 3 is 2.14 bits per heavy atom. The highest BCUT2D eigenvalue weighted by Crippen LogP contribution is 2.30. The molecule has 3 amide bonds. The van der Waals surface area contributed by atoms with Gasteiger partial charge in [-0.1, -0.05) is 66.7 Å². The maximum atomic E-state index is 13.3. The lowest BCUT2D eigenvalue weighted by Crippen LogP contribution is -2.54. The normalized spacial score (nSPS) is 17.4. The van der Waals surface area contributed by atoms with Crippen LogP contribution in [0.3, 0.4) is 0 Å². The molecule has 1 atom stereocenters. The minimum Gasteiger partial charge on any atom is -0.444 e.